The zero-order valence-corrected chi connectivity index (χ0v) is 15.1. The molecule has 1 aromatic rings. The number of hydrogen-bond donors (Lipinski definition) is 0. The molecule has 134 valence electrons. The minimum Gasteiger partial charge on any atom is -0.462 e. The lowest BCUT2D eigenvalue weighted by Crippen LogP contribution is -2.23. The molecule has 0 bridgehead atoms. The summed E-state index contributed by atoms with van der Waals surface area (Å²) in [6, 6.07) is 4.02. The standard InChI is InChI=1S/C18H24ClFO4/c1-4-7-15(12(2)3)23-16(21)10-6-11-17(22)24-18-13(19)8-5-9-14(18)20/h5,8-9,12,15H,4,6-7,10-11H2,1-3H3. The first-order chi connectivity index (χ1) is 11.3. The first kappa shape index (κ1) is 20.4. The maximum Gasteiger partial charge on any atom is 0.311 e. The van der Waals surface area contributed by atoms with Crippen LogP contribution in [0, 0.1) is 11.7 Å². The van der Waals surface area contributed by atoms with Gasteiger partial charge in [-0.25, -0.2) is 4.39 Å². The third-order valence-electron chi connectivity index (χ3n) is 3.50. The quantitative estimate of drug-likeness (QED) is 0.464. The van der Waals surface area contributed by atoms with Crippen molar-refractivity contribution in [2.45, 2.75) is 59.0 Å². The highest BCUT2D eigenvalue weighted by Crippen LogP contribution is 2.27. The third kappa shape index (κ3) is 6.87. The Hall–Kier alpha value is -1.62. The molecule has 0 spiro atoms. The van der Waals surface area contributed by atoms with Crippen molar-refractivity contribution in [1.29, 1.82) is 0 Å². The maximum absolute atomic E-state index is 13.5. The van der Waals surface area contributed by atoms with Crippen LogP contribution in [-0.2, 0) is 14.3 Å². The fraction of sp³-hybridized carbons (Fsp3) is 0.556. The van der Waals surface area contributed by atoms with E-state index in [1.807, 2.05) is 20.8 Å². The van der Waals surface area contributed by atoms with Crippen LogP contribution in [0.5, 0.6) is 5.75 Å². The summed E-state index contributed by atoms with van der Waals surface area (Å²) in [4.78, 5) is 23.6. The molecule has 0 saturated carbocycles. The number of esters is 2. The van der Waals surface area contributed by atoms with E-state index >= 15 is 0 Å². The lowest BCUT2D eigenvalue weighted by molar-refractivity contribution is -0.151. The molecule has 0 aromatic heterocycles. The van der Waals surface area contributed by atoms with Crippen molar-refractivity contribution in [3.05, 3.63) is 29.0 Å². The van der Waals surface area contributed by atoms with Crippen LogP contribution < -0.4 is 4.74 Å². The van der Waals surface area contributed by atoms with Gasteiger partial charge in [0.2, 0.25) is 0 Å². The molecule has 0 aliphatic heterocycles. The topological polar surface area (TPSA) is 52.6 Å². The molecule has 0 aliphatic rings. The van der Waals surface area contributed by atoms with Gasteiger partial charge >= 0.3 is 11.9 Å². The fourth-order valence-corrected chi connectivity index (χ4v) is 2.36. The average molecular weight is 359 g/mol. The second kappa shape index (κ2) is 10.3. The van der Waals surface area contributed by atoms with Crippen molar-refractivity contribution < 1.29 is 23.5 Å². The Balaban J connectivity index is 2.38. The second-order valence-corrected chi connectivity index (χ2v) is 6.35. The normalized spacial score (nSPS) is 12.1. The summed E-state index contributed by atoms with van der Waals surface area (Å²) < 4.78 is 23.9. The molecule has 0 N–H and O–H groups in total. The number of ether oxygens (including phenoxy) is 2. The van der Waals surface area contributed by atoms with Gasteiger partial charge in [0.25, 0.3) is 0 Å². The predicted molar refractivity (Wildman–Crippen MR) is 90.5 cm³/mol. The van der Waals surface area contributed by atoms with Crippen LogP contribution in [-0.4, -0.2) is 18.0 Å². The average Bonchev–Trinajstić information content (AvgIpc) is 2.50. The Bertz CT molecular complexity index is 540. The van der Waals surface area contributed by atoms with Crippen molar-refractivity contribution >= 4 is 23.5 Å². The van der Waals surface area contributed by atoms with Crippen LogP contribution in [0.4, 0.5) is 4.39 Å². The van der Waals surface area contributed by atoms with Gasteiger partial charge in [0.05, 0.1) is 5.02 Å². The number of carbonyl (C=O) groups is 2. The van der Waals surface area contributed by atoms with Crippen molar-refractivity contribution in [2.75, 3.05) is 0 Å². The summed E-state index contributed by atoms with van der Waals surface area (Å²) in [7, 11) is 0. The largest absolute Gasteiger partial charge is 0.462 e. The zero-order valence-electron chi connectivity index (χ0n) is 14.3. The van der Waals surface area contributed by atoms with Crippen LogP contribution in [0.1, 0.15) is 52.9 Å². The Morgan fingerprint density at radius 3 is 2.46 bits per heavy atom. The lowest BCUT2D eigenvalue weighted by Gasteiger charge is -2.20. The molecule has 4 nitrogen and oxygen atoms in total. The summed E-state index contributed by atoms with van der Waals surface area (Å²) in [5.74, 6) is -1.70. The van der Waals surface area contributed by atoms with E-state index in [1.165, 1.54) is 12.1 Å². The highest BCUT2D eigenvalue weighted by Gasteiger charge is 2.18. The highest BCUT2D eigenvalue weighted by molar-refractivity contribution is 6.32. The number of halogens is 2. The third-order valence-corrected chi connectivity index (χ3v) is 3.79. The molecule has 0 heterocycles. The SMILES string of the molecule is CCCC(OC(=O)CCCC(=O)Oc1c(F)cccc1Cl)C(C)C. The first-order valence-corrected chi connectivity index (χ1v) is 8.57. The van der Waals surface area contributed by atoms with E-state index in [-0.39, 0.29) is 48.0 Å². The lowest BCUT2D eigenvalue weighted by atomic mass is 10.0. The number of hydrogen-bond acceptors (Lipinski definition) is 4. The molecular formula is C18H24ClFO4. The van der Waals surface area contributed by atoms with E-state index in [4.69, 9.17) is 21.1 Å². The van der Waals surface area contributed by atoms with Crippen LogP contribution >= 0.6 is 11.6 Å². The Kier molecular flexibility index (Phi) is 8.76. The zero-order chi connectivity index (χ0) is 18.1. The minimum atomic E-state index is -0.699. The van der Waals surface area contributed by atoms with Gasteiger partial charge < -0.3 is 9.47 Å². The van der Waals surface area contributed by atoms with Gasteiger partial charge in [0.1, 0.15) is 6.10 Å². The van der Waals surface area contributed by atoms with Crippen LogP contribution in [0.2, 0.25) is 5.02 Å². The van der Waals surface area contributed by atoms with Gasteiger partial charge in [-0.2, -0.15) is 0 Å². The fourth-order valence-electron chi connectivity index (χ4n) is 2.16. The molecule has 1 aromatic carbocycles. The van der Waals surface area contributed by atoms with Gasteiger partial charge in [-0.1, -0.05) is 44.9 Å². The van der Waals surface area contributed by atoms with Gasteiger partial charge in [-0.15, -0.1) is 0 Å². The van der Waals surface area contributed by atoms with E-state index in [0.717, 1.165) is 18.9 Å². The van der Waals surface area contributed by atoms with Crippen LogP contribution in [0.3, 0.4) is 0 Å². The van der Waals surface area contributed by atoms with Crippen molar-refractivity contribution in [2.24, 2.45) is 5.92 Å². The Labute approximate surface area is 147 Å². The number of para-hydroxylation sites is 1. The smallest absolute Gasteiger partial charge is 0.311 e. The molecule has 24 heavy (non-hydrogen) atoms. The molecule has 0 aliphatic carbocycles. The van der Waals surface area contributed by atoms with Gasteiger partial charge in [-0.05, 0) is 30.9 Å². The first-order valence-electron chi connectivity index (χ1n) is 8.19. The van der Waals surface area contributed by atoms with E-state index in [1.54, 1.807) is 0 Å². The number of benzene rings is 1. The molecule has 0 radical (unpaired) electrons. The molecule has 1 atom stereocenters. The summed E-state index contributed by atoms with van der Waals surface area (Å²) in [5, 5.41) is 0.0297. The summed E-state index contributed by atoms with van der Waals surface area (Å²) >= 11 is 5.78. The van der Waals surface area contributed by atoms with Crippen LogP contribution in [0.25, 0.3) is 0 Å². The van der Waals surface area contributed by atoms with Crippen molar-refractivity contribution in [3.8, 4) is 5.75 Å². The number of carbonyl (C=O) groups excluding carboxylic acids is 2. The number of rotatable bonds is 9. The maximum atomic E-state index is 13.5. The molecule has 6 heteroatoms. The van der Waals surface area contributed by atoms with E-state index < -0.39 is 11.8 Å². The summed E-state index contributed by atoms with van der Waals surface area (Å²) in [5.41, 5.74) is 0. The summed E-state index contributed by atoms with van der Waals surface area (Å²) in [6.45, 7) is 6.04. The monoisotopic (exact) mass is 358 g/mol. The molecular weight excluding hydrogens is 335 g/mol. The molecule has 0 fully saturated rings. The molecule has 1 rings (SSSR count). The van der Waals surface area contributed by atoms with E-state index in [0.29, 0.717) is 0 Å². The van der Waals surface area contributed by atoms with Gasteiger partial charge in [0.15, 0.2) is 11.6 Å². The second-order valence-electron chi connectivity index (χ2n) is 5.94. The highest BCUT2D eigenvalue weighted by atomic mass is 35.5. The molecule has 0 amide bonds. The Morgan fingerprint density at radius 2 is 1.88 bits per heavy atom. The van der Waals surface area contributed by atoms with Crippen LogP contribution in [0.15, 0.2) is 18.2 Å². The van der Waals surface area contributed by atoms with E-state index in [2.05, 4.69) is 0 Å². The van der Waals surface area contributed by atoms with Crippen molar-refractivity contribution in [1.82, 2.24) is 0 Å². The van der Waals surface area contributed by atoms with Gasteiger partial charge in [0, 0.05) is 12.8 Å². The van der Waals surface area contributed by atoms with E-state index in [9.17, 15) is 14.0 Å². The Morgan fingerprint density at radius 1 is 1.21 bits per heavy atom. The van der Waals surface area contributed by atoms with Gasteiger partial charge in [-0.3, -0.25) is 9.59 Å². The molecule has 0 saturated heterocycles. The predicted octanol–water partition coefficient (Wildman–Crippen LogP) is 4.92. The van der Waals surface area contributed by atoms with Crippen molar-refractivity contribution in [3.63, 3.8) is 0 Å². The summed E-state index contributed by atoms with van der Waals surface area (Å²) in [6.07, 6.45) is 2.03. The molecule has 1 unspecified atom stereocenters. The minimum absolute atomic E-state index is 0.0140.